The van der Waals surface area contributed by atoms with Gasteiger partial charge in [0.05, 0.1) is 12.7 Å². The lowest BCUT2D eigenvalue weighted by atomic mass is 10.0. The molecule has 96 valence electrons. The van der Waals surface area contributed by atoms with Gasteiger partial charge in [-0.25, -0.2) is 0 Å². The van der Waals surface area contributed by atoms with Gasteiger partial charge >= 0.3 is 0 Å². The lowest BCUT2D eigenvalue weighted by molar-refractivity contribution is 0.150. The van der Waals surface area contributed by atoms with Gasteiger partial charge in [0.1, 0.15) is 5.76 Å². The molecular weight excluding hydrogens is 296 g/mol. The Hall–Kier alpha value is -1.00. The number of hydrogen-bond acceptors (Lipinski definition) is 3. The van der Waals surface area contributed by atoms with E-state index in [1.807, 2.05) is 19.1 Å². The highest BCUT2D eigenvalue weighted by molar-refractivity contribution is 9.10. The van der Waals surface area contributed by atoms with E-state index in [0.717, 1.165) is 45.4 Å². The highest BCUT2D eigenvalue weighted by atomic mass is 79.9. The molecule has 3 nitrogen and oxygen atoms in total. The number of furan rings is 1. The van der Waals surface area contributed by atoms with E-state index in [9.17, 15) is 5.11 Å². The molecule has 3 rings (SSSR count). The molecule has 1 aromatic heterocycles. The third-order valence-electron chi connectivity index (χ3n) is 3.47. The monoisotopic (exact) mass is 310 g/mol. The summed E-state index contributed by atoms with van der Waals surface area (Å²) in [6, 6.07) is 3.94. The number of aryl methyl sites for hydroxylation is 1. The predicted molar refractivity (Wildman–Crippen MR) is 73.1 cm³/mol. The molecule has 1 N–H and O–H groups in total. The Morgan fingerprint density at radius 3 is 2.78 bits per heavy atom. The van der Waals surface area contributed by atoms with Crippen LogP contribution in [-0.4, -0.2) is 17.8 Å². The van der Waals surface area contributed by atoms with E-state index in [0.29, 0.717) is 6.42 Å². The molecule has 1 aromatic carbocycles. The highest BCUT2D eigenvalue weighted by Gasteiger charge is 2.40. The number of methoxy groups -OCH3 is 1. The molecule has 4 heteroatoms. The molecular formula is C14H15BrO3. The van der Waals surface area contributed by atoms with Gasteiger partial charge in [0.2, 0.25) is 0 Å². The van der Waals surface area contributed by atoms with Crippen molar-refractivity contribution in [1.29, 1.82) is 0 Å². The largest absolute Gasteiger partial charge is 0.493 e. The number of benzene rings is 1. The van der Waals surface area contributed by atoms with Crippen molar-refractivity contribution in [2.24, 2.45) is 0 Å². The van der Waals surface area contributed by atoms with Gasteiger partial charge in [-0.15, -0.1) is 0 Å². The first-order valence-corrected chi connectivity index (χ1v) is 6.80. The average Bonchev–Trinajstić information content (AvgIpc) is 2.91. The maximum absolute atomic E-state index is 10.1. The van der Waals surface area contributed by atoms with Crippen molar-refractivity contribution < 1.29 is 14.3 Å². The Morgan fingerprint density at radius 1 is 1.44 bits per heavy atom. The van der Waals surface area contributed by atoms with E-state index in [2.05, 4.69) is 15.9 Å². The molecule has 0 spiro atoms. The maximum atomic E-state index is 10.1. The molecule has 0 saturated heterocycles. The molecule has 0 aliphatic heterocycles. The van der Waals surface area contributed by atoms with Crippen LogP contribution in [0.2, 0.25) is 0 Å². The summed E-state index contributed by atoms with van der Waals surface area (Å²) in [5.41, 5.74) is 1.31. The second-order valence-corrected chi connectivity index (χ2v) is 5.85. The highest BCUT2D eigenvalue weighted by Crippen LogP contribution is 2.43. The van der Waals surface area contributed by atoms with Gasteiger partial charge in [0, 0.05) is 16.3 Å². The fourth-order valence-corrected chi connectivity index (χ4v) is 2.83. The van der Waals surface area contributed by atoms with Gasteiger partial charge in [-0.2, -0.15) is 0 Å². The summed E-state index contributed by atoms with van der Waals surface area (Å²) >= 11 is 3.61. The van der Waals surface area contributed by atoms with Gasteiger partial charge in [-0.1, -0.05) is 0 Å². The van der Waals surface area contributed by atoms with Crippen LogP contribution in [0, 0.1) is 6.92 Å². The summed E-state index contributed by atoms with van der Waals surface area (Å²) in [4.78, 5) is 0. The Bertz CT molecular complexity index is 611. The Kier molecular flexibility index (Phi) is 2.68. The van der Waals surface area contributed by atoms with Crippen LogP contribution in [-0.2, 0) is 6.42 Å². The second-order valence-electron chi connectivity index (χ2n) is 5.05. The van der Waals surface area contributed by atoms with Crippen molar-refractivity contribution >= 4 is 26.9 Å². The first kappa shape index (κ1) is 12.1. The molecule has 0 atom stereocenters. The average molecular weight is 311 g/mol. The summed E-state index contributed by atoms with van der Waals surface area (Å²) in [5, 5.41) is 11.1. The number of ether oxygens (including phenoxy) is 1. The van der Waals surface area contributed by atoms with Crippen molar-refractivity contribution in [2.75, 3.05) is 7.11 Å². The molecule has 1 aliphatic rings. The minimum Gasteiger partial charge on any atom is -0.493 e. The van der Waals surface area contributed by atoms with E-state index in [-0.39, 0.29) is 0 Å². The Balaban J connectivity index is 2.16. The maximum Gasteiger partial charge on any atom is 0.177 e. The van der Waals surface area contributed by atoms with Crippen LogP contribution in [0.15, 0.2) is 21.0 Å². The molecule has 2 aromatic rings. The molecule has 18 heavy (non-hydrogen) atoms. The van der Waals surface area contributed by atoms with Crippen LogP contribution in [0.5, 0.6) is 5.75 Å². The molecule has 1 fully saturated rings. The third-order valence-corrected chi connectivity index (χ3v) is 4.41. The summed E-state index contributed by atoms with van der Waals surface area (Å²) in [7, 11) is 1.64. The molecule has 1 saturated carbocycles. The number of hydrogen-bond donors (Lipinski definition) is 1. The van der Waals surface area contributed by atoms with E-state index in [4.69, 9.17) is 9.15 Å². The lowest BCUT2D eigenvalue weighted by Crippen LogP contribution is -2.11. The van der Waals surface area contributed by atoms with Gasteiger partial charge < -0.3 is 14.3 Å². The van der Waals surface area contributed by atoms with Crippen LogP contribution >= 0.6 is 15.9 Å². The van der Waals surface area contributed by atoms with Crippen LogP contribution in [0.1, 0.15) is 24.2 Å². The molecule has 0 amide bonds. The topological polar surface area (TPSA) is 42.6 Å². The summed E-state index contributed by atoms with van der Waals surface area (Å²) in [5.74, 6) is 1.58. The first-order valence-electron chi connectivity index (χ1n) is 6.00. The minimum absolute atomic E-state index is 0.514. The zero-order chi connectivity index (χ0) is 12.9. The first-order chi connectivity index (χ1) is 8.52. The van der Waals surface area contributed by atoms with Crippen LogP contribution < -0.4 is 4.74 Å². The zero-order valence-electron chi connectivity index (χ0n) is 10.4. The van der Waals surface area contributed by atoms with Gasteiger partial charge in [-0.05, 0) is 53.4 Å². The van der Waals surface area contributed by atoms with E-state index in [1.54, 1.807) is 7.11 Å². The fourth-order valence-electron chi connectivity index (χ4n) is 2.28. The molecule has 1 heterocycles. The van der Waals surface area contributed by atoms with Crippen molar-refractivity contribution in [2.45, 2.75) is 31.8 Å². The second kappa shape index (κ2) is 4.00. The van der Waals surface area contributed by atoms with Crippen LogP contribution in [0.3, 0.4) is 0 Å². The Labute approximate surface area is 114 Å². The lowest BCUT2D eigenvalue weighted by Gasteiger charge is -2.12. The van der Waals surface area contributed by atoms with Crippen molar-refractivity contribution in [3.05, 3.63) is 27.9 Å². The fraction of sp³-hybridized carbons (Fsp3) is 0.429. The van der Waals surface area contributed by atoms with Crippen molar-refractivity contribution in [3.8, 4) is 5.75 Å². The van der Waals surface area contributed by atoms with E-state index in [1.165, 1.54) is 0 Å². The zero-order valence-corrected chi connectivity index (χ0v) is 12.0. The normalized spacial score (nSPS) is 17.1. The van der Waals surface area contributed by atoms with Gasteiger partial charge in [-0.3, -0.25) is 0 Å². The van der Waals surface area contributed by atoms with E-state index >= 15 is 0 Å². The predicted octanol–water partition coefficient (Wildman–Crippen LogP) is 3.58. The molecule has 0 radical (unpaired) electrons. The summed E-state index contributed by atoms with van der Waals surface area (Å²) < 4.78 is 12.0. The summed E-state index contributed by atoms with van der Waals surface area (Å²) in [6.45, 7) is 1.92. The van der Waals surface area contributed by atoms with Crippen molar-refractivity contribution in [1.82, 2.24) is 0 Å². The number of halogens is 1. The van der Waals surface area contributed by atoms with Crippen LogP contribution in [0.25, 0.3) is 11.0 Å². The number of rotatable bonds is 3. The van der Waals surface area contributed by atoms with Crippen LogP contribution in [0.4, 0.5) is 0 Å². The van der Waals surface area contributed by atoms with E-state index < -0.39 is 5.60 Å². The van der Waals surface area contributed by atoms with Gasteiger partial charge in [0.25, 0.3) is 0 Å². The smallest absolute Gasteiger partial charge is 0.177 e. The van der Waals surface area contributed by atoms with Gasteiger partial charge in [0.15, 0.2) is 11.3 Å². The standard InChI is InChI=1S/C14H15BrO3/c1-8-5-10-12(15)9(7-14(16)3-4-14)6-11(17-2)13(10)18-8/h5-6,16H,3-4,7H2,1-2H3. The third kappa shape index (κ3) is 1.93. The molecule has 0 unspecified atom stereocenters. The summed E-state index contributed by atoms with van der Waals surface area (Å²) in [6.07, 6.45) is 2.42. The quantitative estimate of drug-likeness (QED) is 0.942. The SMILES string of the molecule is COc1cc(CC2(O)CC2)c(Br)c2cc(C)oc12. The molecule has 0 bridgehead atoms. The minimum atomic E-state index is -0.514. The Morgan fingerprint density at radius 2 is 2.17 bits per heavy atom. The van der Waals surface area contributed by atoms with Crippen molar-refractivity contribution in [3.63, 3.8) is 0 Å². The molecule has 1 aliphatic carbocycles. The number of fused-ring (bicyclic) bond motifs is 1. The number of aliphatic hydroxyl groups is 1.